The van der Waals surface area contributed by atoms with E-state index in [4.69, 9.17) is 11.2 Å². The normalized spacial score (nSPS) is 9.85. The van der Waals surface area contributed by atoms with Gasteiger partial charge in [0.05, 0.1) is 6.54 Å². The molecule has 0 atom stereocenters. The molecule has 0 saturated heterocycles. The first-order valence-electron chi connectivity index (χ1n) is 6.49. The topological polar surface area (TPSA) is 50.4 Å². The molecule has 0 spiro atoms. The van der Waals surface area contributed by atoms with Gasteiger partial charge in [0.2, 0.25) is 0 Å². The molecular weight excluding hydrogens is 320 g/mol. The Kier molecular flexibility index (Phi) is 7.78. The van der Waals surface area contributed by atoms with E-state index >= 15 is 0 Å². The van der Waals surface area contributed by atoms with E-state index in [1.54, 1.807) is 0 Å². The fraction of sp³-hybridized carbons (Fsp3) is 0.400. The lowest BCUT2D eigenvalue weighted by molar-refractivity contribution is -0.122. The second-order valence-electron chi connectivity index (χ2n) is 4.20. The molecule has 0 heterocycles. The van der Waals surface area contributed by atoms with Gasteiger partial charge in [0.15, 0.2) is 6.61 Å². The molecule has 0 bridgehead atoms. The van der Waals surface area contributed by atoms with Crippen molar-refractivity contribution >= 4 is 21.8 Å². The molecule has 0 aliphatic heterocycles. The summed E-state index contributed by atoms with van der Waals surface area (Å²) in [5.74, 6) is 2.82. The number of halogens is 1. The van der Waals surface area contributed by atoms with Gasteiger partial charge < -0.3 is 15.4 Å². The second kappa shape index (κ2) is 9.40. The fourth-order valence-corrected chi connectivity index (χ4v) is 1.98. The van der Waals surface area contributed by atoms with Crippen LogP contribution in [0, 0.1) is 12.3 Å². The van der Waals surface area contributed by atoms with Crippen molar-refractivity contribution < 1.29 is 9.53 Å². The molecule has 0 unspecified atom stereocenters. The summed E-state index contributed by atoms with van der Waals surface area (Å²) in [6.07, 6.45) is 6.14. The van der Waals surface area contributed by atoms with Gasteiger partial charge in [-0.25, -0.2) is 0 Å². The number of ether oxygens (including phenoxy) is 1. The van der Waals surface area contributed by atoms with Crippen LogP contribution in [0.25, 0.3) is 0 Å². The number of hydrogen-bond acceptors (Lipinski definition) is 3. The maximum atomic E-state index is 11.5. The molecule has 1 aromatic carbocycles. The Labute approximate surface area is 128 Å². The van der Waals surface area contributed by atoms with Gasteiger partial charge in [-0.15, -0.1) is 6.42 Å². The summed E-state index contributed by atoms with van der Waals surface area (Å²) in [4.78, 5) is 11.5. The second-order valence-corrected chi connectivity index (χ2v) is 5.11. The highest BCUT2D eigenvalue weighted by molar-refractivity contribution is 9.10. The van der Waals surface area contributed by atoms with Crippen LogP contribution in [0.3, 0.4) is 0 Å². The third-order valence-electron chi connectivity index (χ3n) is 2.51. The molecule has 20 heavy (non-hydrogen) atoms. The highest BCUT2D eigenvalue weighted by Crippen LogP contribution is 2.23. The van der Waals surface area contributed by atoms with Crippen LogP contribution in [0.2, 0.25) is 0 Å². The Morgan fingerprint density at radius 2 is 2.30 bits per heavy atom. The molecule has 0 aliphatic carbocycles. The van der Waals surface area contributed by atoms with Gasteiger partial charge in [0, 0.05) is 16.6 Å². The number of carbonyl (C=O) groups is 1. The lowest BCUT2D eigenvalue weighted by Gasteiger charge is -2.12. The molecule has 1 rings (SSSR count). The first kappa shape index (κ1) is 16.5. The molecule has 0 radical (unpaired) electrons. The molecule has 5 heteroatoms. The Morgan fingerprint density at radius 1 is 1.50 bits per heavy atom. The van der Waals surface area contributed by atoms with E-state index in [9.17, 15) is 4.79 Å². The van der Waals surface area contributed by atoms with E-state index in [1.165, 1.54) is 0 Å². The molecule has 1 amide bonds. The molecule has 0 saturated carbocycles. The maximum Gasteiger partial charge on any atom is 0.258 e. The average molecular weight is 339 g/mol. The lowest BCUT2D eigenvalue weighted by atomic mass is 10.2. The summed E-state index contributed by atoms with van der Waals surface area (Å²) in [7, 11) is 0. The van der Waals surface area contributed by atoms with Crippen molar-refractivity contribution in [1.29, 1.82) is 0 Å². The summed E-state index contributed by atoms with van der Waals surface area (Å²) in [6, 6.07) is 5.72. The zero-order valence-corrected chi connectivity index (χ0v) is 13.1. The summed E-state index contributed by atoms with van der Waals surface area (Å²) in [5, 5.41) is 5.87. The molecular formula is C15H19BrN2O2. The van der Waals surface area contributed by atoms with Crippen molar-refractivity contribution in [3.63, 3.8) is 0 Å². The Balaban J connectivity index is 2.59. The van der Waals surface area contributed by atoms with Crippen LogP contribution in [-0.4, -0.2) is 25.6 Å². The smallest absolute Gasteiger partial charge is 0.258 e. The molecule has 0 aliphatic rings. The number of nitrogens with one attached hydrogen (secondary N) is 2. The fourth-order valence-electron chi connectivity index (χ4n) is 1.57. The summed E-state index contributed by atoms with van der Waals surface area (Å²) < 4.78 is 6.52. The van der Waals surface area contributed by atoms with Crippen LogP contribution in [0.1, 0.15) is 18.9 Å². The van der Waals surface area contributed by atoms with Gasteiger partial charge in [-0.2, -0.15) is 0 Å². The monoisotopic (exact) mass is 338 g/mol. The van der Waals surface area contributed by atoms with Crippen LogP contribution in [0.15, 0.2) is 22.7 Å². The van der Waals surface area contributed by atoms with Crippen molar-refractivity contribution in [3.05, 3.63) is 28.2 Å². The SMILES string of the molecule is C#CCNC(=O)COc1ccc(Br)cc1CNCCC. The zero-order valence-electron chi connectivity index (χ0n) is 11.5. The zero-order chi connectivity index (χ0) is 14.8. The van der Waals surface area contributed by atoms with Crippen molar-refractivity contribution in [2.75, 3.05) is 19.7 Å². The standard InChI is InChI=1S/C15H19BrN2O2/c1-3-7-17-10-12-9-13(16)5-6-14(12)20-11-15(19)18-8-4-2/h2,5-6,9,17H,3,7-8,10-11H2,1H3,(H,18,19). The van der Waals surface area contributed by atoms with E-state index in [0.717, 1.165) is 23.0 Å². The summed E-state index contributed by atoms with van der Waals surface area (Å²) >= 11 is 3.43. The van der Waals surface area contributed by atoms with E-state index in [-0.39, 0.29) is 19.1 Å². The number of terminal acetylenes is 1. The van der Waals surface area contributed by atoms with Crippen LogP contribution >= 0.6 is 15.9 Å². The summed E-state index contributed by atoms with van der Waals surface area (Å²) in [5.41, 5.74) is 1.01. The van der Waals surface area contributed by atoms with E-state index < -0.39 is 0 Å². The number of amides is 1. The van der Waals surface area contributed by atoms with Crippen molar-refractivity contribution in [2.45, 2.75) is 19.9 Å². The number of carbonyl (C=O) groups excluding carboxylic acids is 1. The van der Waals surface area contributed by atoms with Gasteiger partial charge in [0.1, 0.15) is 5.75 Å². The minimum atomic E-state index is -0.224. The van der Waals surface area contributed by atoms with Crippen LogP contribution in [0.4, 0.5) is 0 Å². The third-order valence-corrected chi connectivity index (χ3v) is 3.00. The predicted octanol–water partition coefficient (Wildman–Crippen LogP) is 2.08. The molecule has 1 aromatic rings. The maximum absolute atomic E-state index is 11.5. The predicted molar refractivity (Wildman–Crippen MR) is 83.5 cm³/mol. The number of benzene rings is 1. The molecule has 0 fully saturated rings. The largest absolute Gasteiger partial charge is 0.483 e. The Bertz CT molecular complexity index is 483. The first-order valence-corrected chi connectivity index (χ1v) is 7.28. The van der Waals surface area contributed by atoms with E-state index in [0.29, 0.717) is 12.3 Å². The van der Waals surface area contributed by atoms with E-state index in [1.807, 2.05) is 18.2 Å². The Hall–Kier alpha value is -1.51. The minimum absolute atomic E-state index is 0.0376. The Morgan fingerprint density at radius 3 is 3.00 bits per heavy atom. The third kappa shape index (κ3) is 6.09. The summed E-state index contributed by atoms with van der Waals surface area (Å²) in [6.45, 7) is 3.93. The van der Waals surface area contributed by atoms with E-state index in [2.05, 4.69) is 39.4 Å². The van der Waals surface area contributed by atoms with Crippen LogP contribution in [-0.2, 0) is 11.3 Å². The molecule has 0 aromatic heterocycles. The minimum Gasteiger partial charge on any atom is -0.483 e. The molecule has 108 valence electrons. The van der Waals surface area contributed by atoms with Gasteiger partial charge in [-0.05, 0) is 31.2 Å². The first-order chi connectivity index (χ1) is 9.67. The number of hydrogen-bond donors (Lipinski definition) is 2. The van der Waals surface area contributed by atoms with Crippen molar-refractivity contribution in [3.8, 4) is 18.1 Å². The van der Waals surface area contributed by atoms with Crippen LogP contribution in [0.5, 0.6) is 5.75 Å². The van der Waals surface area contributed by atoms with Crippen LogP contribution < -0.4 is 15.4 Å². The molecule has 4 nitrogen and oxygen atoms in total. The van der Waals surface area contributed by atoms with Gasteiger partial charge in [-0.3, -0.25) is 4.79 Å². The lowest BCUT2D eigenvalue weighted by Crippen LogP contribution is -2.29. The highest BCUT2D eigenvalue weighted by Gasteiger charge is 2.07. The van der Waals surface area contributed by atoms with Gasteiger partial charge in [-0.1, -0.05) is 28.8 Å². The van der Waals surface area contributed by atoms with Gasteiger partial charge in [0.25, 0.3) is 5.91 Å². The van der Waals surface area contributed by atoms with Gasteiger partial charge >= 0.3 is 0 Å². The average Bonchev–Trinajstić information content (AvgIpc) is 2.44. The highest BCUT2D eigenvalue weighted by atomic mass is 79.9. The van der Waals surface area contributed by atoms with Crippen molar-refractivity contribution in [1.82, 2.24) is 10.6 Å². The van der Waals surface area contributed by atoms with Crippen molar-refractivity contribution in [2.24, 2.45) is 0 Å². The quantitative estimate of drug-likeness (QED) is 0.563. The molecule has 2 N–H and O–H groups in total. The number of rotatable bonds is 8.